The Bertz CT molecular complexity index is 1080. The van der Waals surface area contributed by atoms with Gasteiger partial charge in [0.05, 0.1) is 18.7 Å². The van der Waals surface area contributed by atoms with Crippen molar-refractivity contribution in [1.29, 1.82) is 0 Å². The molecular formula is C20H23ClFN3O5. The van der Waals surface area contributed by atoms with Gasteiger partial charge in [0.15, 0.2) is 5.82 Å². The molecule has 8 nitrogen and oxygen atoms in total. The molecule has 0 bridgehead atoms. The van der Waals surface area contributed by atoms with Gasteiger partial charge in [0, 0.05) is 26.1 Å². The minimum absolute atomic E-state index is 0.0769. The van der Waals surface area contributed by atoms with Crippen molar-refractivity contribution in [2.75, 3.05) is 7.11 Å². The van der Waals surface area contributed by atoms with Gasteiger partial charge in [-0.15, -0.1) is 5.10 Å². The van der Waals surface area contributed by atoms with Crippen molar-refractivity contribution in [3.63, 3.8) is 0 Å². The Labute approximate surface area is 177 Å². The number of aromatic nitrogens is 3. The van der Waals surface area contributed by atoms with Gasteiger partial charge in [0.25, 0.3) is 5.88 Å². The van der Waals surface area contributed by atoms with E-state index >= 15 is 4.39 Å². The molecule has 0 spiro atoms. The summed E-state index contributed by atoms with van der Waals surface area (Å²) in [6.07, 6.45) is 2.62. The molecule has 1 aliphatic carbocycles. The molecule has 4 rings (SSSR count). The van der Waals surface area contributed by atoms with Crippen LogP contribution in [0.5, 0.6) is 5.88 Å². The van der Waals surface area contributed by atoms with Crippen LogP contribution in [0, 0.1) is 11.2 Å². The molecule has 0 radical (unpaired) electrons. The Morgan fingerprint density at radius 2 is 1.97 bits per heavy atom. The minimum Gasteiger partial charge on any atom is -0.477 e. The number of hydrogen-bond donors (Lipinski definition) is 1. The number of carboxylic acids is 1. The van der Waals surface area contributed by atoms with Crippen LogP contribution < -0.4 is 10.2 Å². The first-order valence-corrected chi connectivity index (χ1v) is 10.0. The van der Waals surface area contributed by atoms with E-state index in [0.29, 0.717) is 19.4 Å². The van der Waals surface area contributed by atoms with Crippen molar-refractivity contribution in [1.82, 2.24) is 14.3 Å². The average molecular weight is 440 g/mol. The molecule has 30 heavy (non-hydrogen) atoms. The maximum absolute atomic E-state index is 15.2. The molecule has 0 saturated heterocycles. The van der Waals surface area contributed by atoms with Crippen molar-refractivity contribution in [3.05, 3.63) is 32.8 Å². The fourth-order valence-electron chi connectivity index (χ4n) is 3.98. The van der Waals surface area contributed by atoms with Crippen LogP contribution >= 0.6 is 11.6 Å². The lowest BCUT2D eigenvalue weighted by Gasteiger charge is -2.38. The highest BCUT2D eigenvalue weighted by molar-refractivity contribution is 6.34. The third kappa shape index (κ3) is 3.20. The predicted molar refractivity (Wildman–Crippen MR) is 107 cm³/mol. The second-order valence-electron chi connectivity index (χ2n) is 8.85. The molecule has 3 heterocycles. The number of carbonyl (C=O) groups is 1. The maximum atomic E-state index is 15.2. The minimum atomic E-state index is -1.48. The highest BCUT2D eigenvalue weighted by Crippen LogP contribution is 2.45. The molecule has 1 N–H and O–H groups in total. The summed E-state index contributed by atoms with van der Waals surface area (Å²) >= 11 is 6.52. The van der Waals surface area contributed by atoms with E-state index in [4.69, 9.17) is 21.1 Å². The van der Waals surface area contributed by atoms with E-state index < -0.39 is 22.8 Å². The number of hydrogen-bond acceptors (Lipinski definition) is 5. The van der Waals surface area contributed by atoms with Gasteiger partial charge in [-0.1, -0.05) is 32.4 Å². The normalized spacial score (nSPS) is 22.8. The first-order valence-electron chi connectivity index (χ1n) is 9.67. The largest absolute Gasteiger partial charge is 0.477 e. The summed E-state index contributed by atoms with van der Waals surface area (Å²) in [6.45, 7) is 6.17. The molecule has 162 valence electrons. The lowest BCUT2D eigenvalue weighted by molar-refractivity contribution is -0.0398. The number of carboxylic acid groups (broad SMARTS) is 1. The number of fused-ring (bicyclic) bond motifs is 3. The van der Waals surface area contributed by atoms with Crippen LogP contribution in [-0.2, 0) is 11.3 Å². The van der Waals surface area contributed by atoms with Crippen molar-refractivity contribution < 1.29 is 23.8 Å². The van der Waals surface area contributed by atoms with E-state index in [1.165, 1.54) is 10.8 Å². The van der Waals surface area contributed by atoms with E-state index in [1.54, 1.807) is 11.8 Å². The predicted octanol–water partition coefficient (Wildman–Crippen LogP) is 3.36. The first kappa shape index (κ1) is 20.9. The average Bonchev–Trinajstić information content (AvgIpc) is 2.94. The van der Waals surface area contributed by atoms with Crippen LogP contribution in [-0.4, -0.2) is 44.7 Å². The number of nitrogens with zero attached hydrogens (tertiary/aromatic N) is 3. The number of ether oxygens (including phenoxy) is 2. The van der Waals surface area contributed by atoms with Crippen molar-refractivity contribution in [2.45, 2.75) is 58.4 Å². The Morgan fingerprint density at radius 1 is 1.30 bits per heavy atom. The topological polar surface area (TPSA) is 95.6 Å². The molecule has 1 fully saturated rings. The summed E-state index contributed by atoms with van der Waals surface area (Å²) in [5.41, 5.74) is -2.06. The van der Waals surface area contributed by atoms with E-state index in [0.717, 1.165) is 0 Å². The fourth-order valence-corrected chi connectivity index (χ4v) is 4.25. The third-order valence-corrected chi connectivity index (χ3v) is 6.18. The summed E-state index contributed by atoms with van der Waals surface area (Å²) in [6, 6.07) is -0.362. The van der Waals surface area contributed by atoms with Crippen molar-refractivity contribution >= 4 is 17.6 Å². The van der Waals surface area contributed by atoms with Crippen LogP contribution in [0.4, 0.5) is 4.39 Å². The zero-order valence-corrected chi connectivity index (χ0v) is 17.9. The highest BCUT2D eigenvalue weighted by atomic mass is 35.5. The van der Waals surface area contributed by atoms with Gasteiger partial charge in [-0.25, -0.2) is 9.18 Å². The van der Waals surface area contributed by atoms with Crippen molar-refractivity contribution in [3.8, 4) is 17.3 Å². The summed E-state index contributed by atoms with van der Waals surface area (Å²) < 4.78 is 29.4. The van der Waals surface area contributed by atoms with Gasteiger partial charge in [-0.3, -0.25) is 9.48 Å². The summed E-state index contributed by atoms with van der Waals surface area (Å²) in [7, 11) is 1.64. The Kier molecular flexibility index (Phi) is 4.93. The van der Waals surface area contributed by atoms with Gasteiger partial charge in [0.1, 0.15) is 28.1 Å². The summed E-state index contributed by atoms with van der Waals surface area (Å²) in [5.74, 6) is -2.48. The molecule has 2 aromatic heterocycles. The zero-order chi connectivity index (χ0) is 22.0. The van der Waals surface area contributed by atoms with Gasteiger partial charge >= 0.3 is 5.97 Å². The number of halogens is 2. The molecule has 0 amide bonds. The molecule has 0 unspecified atom stereocenters. The first-order chi connectivity index (χ1) is 14.0. The van der Waals surface area contributed by atoms with E-state index in [1.807, 2.05) is 20.8 Å². The lowest BCUT2D eigenvalue weighted by Crippen LogP contribution is -2.39. The molecule has 1 saturated carbocycles. The van der Waals surface area contributed by atoms with Crippen molar-refractivity contribution in [2.24, 2.45) is 5.41 Å². The smallest absolute Gasteiger partial charge is 0.341 e. The molecular weight excluding hydrogens is 417 g/mol. The van der Waals surface area contributed by atoms with Crippen LogP contribution in [0.2, 0.25) is 5.02 Å². The quantitative estimate of drug-likeness (QED) is 0.784. The van der Waals surface area contributed by atoms with Gasteiger partial charge in [0.2, 0.25) is 5.43 Å². The highest BCUT2D eigenvalue weighted by Gasteiger charge is 2.40. The second-order valence-corrected chi connectivity index (χ2v) is 9.23. The summed E-state index contributed by atoms with van der Waals surface area (Å²) in [4.78, 5) is 23.9. The number of pyridine rings is 1. The van der Waals surface area contributed by atoms with Gasteiger partial charge in [-0.2, -0.15) is 0 Å². The third-order valence-electron chi connectivity index (χ3n) is 5.84. The zero-order valence-electron chi connectivity index (χ0n) is 17.1. The van der Waals surface area contributed by atoms with Crippen LogP contribution in [0.3, 0.4) is 0 Å². The fraction of sp³-hybridized carbons (Fsp3) is 0.550. The monoisotopic (exact) mass is 439 g/mol. The SMILES string of the molecule is COC1CC(Oc2nn3c(c2Cl)-c2c(F)c(=O)c(C(=O)O)cn2[C@H](C(C)(C)C)C3)C1. The molecule has 0 aromatic carbocycles. The number of methoxy groups -OCH3 is 1. The van der Waals surface area contributed by atoms with Crippen LogP contribution in [0.15, 0.2) is 11.0 Å². The number of rotatable bonds is 4. The lowest BCUT2D eigenvalue weighted by atomic mass is 9.85. The van der Waals surface area contributed by atoms with E-state index in [9.17, 15) is 14.7 Å². The van der Waals surface area contributed by atoms with Crippen LogP contribution in [0.1, 0.15) is 50.0 Å². The maximum Gasteiger partial charge on any atom is 0.341 e. The van der Waals surface area contributed by atoms with E-state index in [2.05, 4.69) is 5.10 Å². The van der Waals surface area contributed by atoms with Gasteiger partial charge in [-0.05, 0) is 5.41 Å². The molecule has 10 heteroatoms. The summed E-state index contributed by atoms with van der Waals surface area (Å²) in [5, 5.41) is 13.9. The standard InChI is InChI=1S/C20H23ClFN3O5/c1-20(2,3)12-8-25-15(13(21)18(23-25)30-10-5-9(6-10)29-4)16-14(22)17(26)11(19(27)28)7-24(12)16/h7,9-10,12H,5-6,8H2,1-4H3,(H,27,28)/t9?,10?,12-/m0/s1. The molecule has 2 aromatic rings. The Balaban J connectivity index is 1.86. The number of aromatic carboxylic acids is 1. The Morgan fingerprint density at radius 3 is 2.53 bits per heavy atom. The second kappa shape index (κ2) is 7.09. The van der Waals surface area contributed by atoms with E-state index in [-0.39, 0.29) is 46.0 Å². The van der Waals surface area contributed by atoms with Gasteiger partial charge < -0.3 is 19.1 Å². The molecule has 2 aliphatic rings. The molecule has 1 atom stereocenters. The van der Waals surface area contributed by atoms with Crippen LogP contribution in [0.25, 0.3) is 11.4 Å². The Hall–Kier alpha value is -2.39. The molecule has 1 aliphatic heterocycles.